The van der Waals surface area contributed by atoms with Crippen molar-refractivity contribution in [2.75, 3.05) is 0 Å². The van der Waals surface area contributed by atoms with E-state index in [1.54, 1.807) is 12.1 Å². The molecule has 3 nitrogen and oxygen atoms in total. The molecule has 0 saturated carbocycles. The number of halogens is 1. The molecule has 0 fully saturated rings. The van der Waals surface area contributed by atoms with Crippen LogP contribution in [0.3, 0.4) is 0 Å². The van der Waals surface area contributed by atoms with E-state index in [0.717, 1.165) is 12.0 Å². The molecule has 0 radical (unpaired) electrons. The van der Waals surface area contributed by atoms with Crippen molar-refractivity contribution in [2.24, 2.45) is 11.7 Å². The summed E-state index contributed by atoms with van der Waals surface area (Å²) in [6, 6.07) is 5.59. The standard InChI is InChI=1S/C15H23FN2O/c1-4-5-13(17)15(19)18-14(10(2)3)11-6-8-12(16)9-7-11/h6-10,13-14H,4-5,17H2,1-3H3,(H,18,19). The lowest BCUT2D eigenvalue weighted by molar-refractivity contribution is -0.123. The van der Waals surface area contributed by atoms with Crippen LogP contribution in [0.2, 0.25) is 0 Å². The molecule has 19 heavy (non-hydrogen) atoms. The molecule has 106 valence electrons. The van der Waals surface area contributed by atoms with Crippen molar-refractivity contribution >= 4 is 5.91 Å². The largest absolute Gasteiger partial charge is 0.348 e. The molecule has 0 aliphatic rings. The maximum absolute atomic E-state index is 12.9. The molecular weight excluding hydrogens is 243 g/mol. The monoisotopic (exact) mass is 266 g/mol. The molecule has 0 aliphatic heterocycles. The minimum absolute atomic E-state index is 0.143. The van der Waals surface area contributed by atoms with Gasteiger partial charge in [-0.05, 0) is 30.0 Å². The van der Waals surface area contributed by atoms with Gasteiger partial charge in [0.15, 0.2) is 0 Å². The molecule has 0 bridgehead atoms. The van der Waals surface area contributed by atoms with Gasteiger partial charge >= 0.3 is 0 Å². The van der Waals surface area contributed by atoms with Gasteiger partial charge in [0.25, 0.3) is 0 Å². The molecule has 4 heteroatoms. The third-order valence-corrected chi connectivity index (χ3v) is 3.13. The van der Waals surface area contributed by atoms with Crippen molar-refractivity contribution < 1.29 is 9.18 Å². The average Bonchev–Trinajstić information content (AvgIpc) is 2.37. The van der Waals surface area contributed by atoms with E-state index in [-0.39, 0.29) is 23.7 Å². The van der Waals surface area contributed by atoms with E-state index in [1.807, 2.05) is 20.8 Å². The predicted molar refractivity (Wildman–Crippen MR) is 75.0 cm³/mol. The normalized spacial score (nSPS) is 14.2. The Hall–Kier alpha value is -1.42. The van der Waals surface area contributed by atoms with Gasteiger partial charge in [0.1, 0.15) is 5.82 Å². The van der Waals surface area contributed by atoms with E-state index in [9.17, 15) is 9.18 Å². The Bertz CT molecular complexity index is 403. The predicted octanol–water partition coefficient (Wildman–Crippen LogP) is 2.77. The van der Waals surface area contributed by atoms with Crippen LogP contribution < -0.4 is 11.1 Å². The van der Waals surface area contributed by atoms with E-state index in [4.69, 9.17) is 5.73 Å². The van der Waals surface area contributed by atoms with Gasteiger partial charge in [-0.1, -0.05) is 39.3 Å². The maximum atomic E-state index is 12.9. The SMILES string of the molecule is CCCC(N)C(=O)NC(c1ccc(F)cc1)C(C)C. The van der Waals surface area contributed by atoms with Crippen LogP contribution >= 0.6 is 0 Å². The molecule has 1 aromatic carbocycles. The Balaban J connectivity index is 2.79. The molecule has 1 rings (SSSR count). The number of amides is 1. The smallest absolute Gasteiger partial charge is 0.237 e. The first-order chi connectivity index (χ1) is 8.95. The number of benzene rings is 1. The molecule has 0 heterocycles. The summed E-state index contributed by atoms with van der Waals surface area (Å²) in [6.45, 7) is 6.02. The van der Waals surface area contributed by atoms with Crippen molar-refractivity contribution in [3.05, 3.63) is 35.6 Å². The minimum Gasteiger partial charge on any atom is -0.348 e. The van der Waals surface area contributed by atoms with Crippen molar-refractivity contribution in [3.63, 3.8) is 0 Å². The highest BCUT2D eigenvalue weighted by Gasteiger charge is 2.21. The minimum atomic E-state index is -0.480. The zero-order valence-corrected chi connectivity index (χ0v) is 11.8. The van der Waals surface area contributed by atoms with Crippen LogP contribution in [0.1, 0.15) is 45.2 Å². The fraction of sp³-hybridized carbons (Fsp3) is 0.533. The quantitative estimate of drug-likeness (QED) is 0.832. The zero-order valence-electron chi connectivity index (χ0n) is 11.8. The highest BCUT2D eigenvalue weighted by Crippen LogP contribution is 2.22. The molecule has 0 aromatic heterocycles. The van der Waals surface area contributed by atoms with Crippen LogP contribution in [-0.4, -0.2) is 11.9 Å². The van der Waals surface area contributed by atoms with Crippen molar-refractivity contribution in [2.45, 2.75) is 45.7 Å². The van der Waals surface area contributed by atoms with E-state index >= 15 is 0 Å². The van der Waals surface area contributed by atoms with Gasteiger partial charge in [0, 0.05) is 0 Å². The number of rotatable bonds is 6. The number of nitrogens with one attached hydrogen (secondary N) is 1. The molecular formula is C15H23FN2O. The number of carbonyl (C=O) groups excluding carboxylic acids is 1. The summed E-state index contributed by atoms with van der Waals surface area (Å²) in [5.74, 6) is -0.214. The fourth-order valence-corrected chi connectivity index (χ4v) is 2.01. The Morgan fingerprint density at radius 3 is 2.37 bits per heavy atom. The van der Waals surface area contributed by atoms with E-state index in [1.165, 1.54) is 12.1 Å². The van der Waals surface area contributed by atoms with Crippen LogP contribution in [0.5, 0.6) is 0 Å². The summed E-state index contributed by atoms with van der Waals surface area (Å²) >= 11 is 0. The Morgan fingerprint density at radius 1 is 1.32 bits per heavy atom. The summed E-state index contributed by atoms with van der Waals surface area (Å²) in [5, 5.41) is 2.95. The lowest BCUT2D eigenvalue weighted by Crippen LogP contribution is -2.43. The molecule has 0 saturated heterocycles. The molecule has 1 amide bonds. The Labute approximate surface area is 114 Å². The summed E-state index contributed by atoms with van der Waals surface area (Å²) in [7, 11) is 0. The van der Waals surface area contributed by atoms with E-state index in [2.05, 4.69) is 5.32 Å². The highest BCUT2D eigenvalue weighted by atomic mass is 19.1. The van der Waals surface area contributed by atoms with Crippen LogP contribution in [0.25, 0.3) is 0 Å². The van der Waals surface area contributed by atoms with Gasteiger partial charge in [-0.3, -0.25) is 4.79 Å². The van der Waals surface area contributed by atoms with Gasteiger partial charge in [-0.25, -0.2) is 4.39 Å². The first-order valence-corrected chi connectivity index (χ1v) is 6.77. The van der Waals surface area contributed by atoms with Crippen molar-refractivity contribution in [3.8, 4) is 0 Å². The maximum Gasteiger partial charge on any atom is 0.237 e. The summed E-state index contributed by atoms with van der Waals surface area (Å²) in [4.78, 5) is 12.0. The van der Waals surface area contributed by atoms with Gasteiger partial charge in [-0.15, -0.1) is 0 Å². The number of carbonyl (C=O) groups is 1. The third-order valence-electron chi connectivity index (χ3n) is 3.13. The Kier molecular flexibility index (Phi) is 5.96. The third kappa shape index (κ3) is 4.63. The fourth-order valence-electron chi connectivity index (χ4n) is 2.01. The first kappa shape index (κ1) is 15.6. The van der Waals surface area contributed by atoms with Gasteiger partial charge in [-0.2, -0.15) is 0 Å². The van der Waals surface area contributed by atoms with Crippen LogP contribution in [0.15, 0.2) is 24.3 Å². The molecule has 3 N–H and O–H groups in total. The molecule has 0 spiro atoms. The van der Waals surface area contributed by atoms with Gasteiger partial charge < -0.3 is 11.1 Å². The Morgan fingerprint density at radius 2 is 1.89 bits per heavy atom. The van der Waals surface area contributed by atoms with Crippen LogP contribution in [-0.2, 0) is 4.79 Å². The number of hydrogen-bond acceptors (Lipinski definition) is 2. The average molecular weight is 266 g/mol. The van der Waals surface area contributed by atoms with Gasteiger partial charge in [0.05, 0.1) is 12.1 Å². The summed E-state index contributed by atoms with van der Waals surface area (Å²) < 4.78 is 12.9. The summed E-state index contributed by atoms with van der Waals surface area (Å²) in [6.07, 6.45) is 1.54. The molecule has 1 aromatic rings. The lowest BCUT2D eigenvalue weighted by Gasteiger charge is -2.24. The lowest BCUT2D eigenvalue weighted by atomic mass is 9.95. The molecule has 0 aliphatic carbocycles. The summed E-state index contributed by atoms with van der Waals surface area (Å²) in [5.41, 5.74) is 6.70. The second-order valence-corrected chi connectivity index (χ2v) is 5.18. The van der Waals surface area contributed by atoms with Crippen molar-refractivity contribution in [1.82, 2.24) is 5.32 Å². The van der Waals surface area contributed by atoms with E-state index < -0.39 is 6.04 Å². The van der Waals surface area contributed by atoms with E-state index in [0.29, 0.717) is 6.42 Å². The first-order valence-electron chi connectivity index (χ1n) is 6.77. The number of hydrogen-bond donors (Lipinski definition) is 2. The van der Waals surface area contributed by atoms with Crippen LogP contribution in [0, 0.1) is 11.7 Å². The topological polar surface area (TPSA) is 55.1 Å². The van der Waals surface area contributed by atoms with Crippen molar-refractivity contribution in [1.29, 1.82) is 0 Å². The highest BCUT2D eigenvalue weighted by molar-refractivity contribution is 5.81. The second-order valence-electron chi connectivity index (χ2n) is 5.18. The zero-order chi connectivity index (χ0) is 14.4. The molecule has 2 atom stereocenters. The van der Waals surface area contributed by atoms with Gasteiger partial charge in [0.2, 0.25) is 5.91 Å². The van der Waals surface area contributed by atoms with Crippen LogP contribution in [0.4, 0.5) is 4.39 Å². The number of nitrogens with two attached hydrogens (primary N) is 1. The second kappa shape index (κ2) is 7.24. The molecule has 2 unspecified atom stereocenters.